The Morgan fingerprint density at radius 1 is 1.16 bits per heavy atom. The number of allylic oxidation sites excluding steroid dienone is 1. The molecule has 1 aliphatic heterocycles. The molecular formula is C14H16O5. The van der Waals surface area contributed by atoms with Gasteiger partial charge in [-0.25, -0.2) is 4.79 Å². The smallest absolute Gasteiger partial charge is 0.336 e. The Kier molecular flexibility index (Phi) is 2.82. The lowest BCUT2D eigenvalue weighted by Crippen LogP contribution is -2.21. The normalized spacial score (nSPS) is 38.1. The lowest BCUT2D eigenvalue weighted by atomic mass is 9.91. The largest absolute Gasteiger partial charge is 0.432 e. The molecule has 0 aromatic rings. The first-order chi connectivity index (χ1) is 9.02. The van der Waals surface area contributed by atoms with Gasteiger partial charge in [0.1, 0.15) is 11.6 Å². The monoisotopic (exact) mass is 264 g/mol. The number of carbonyl (C=O) groups is 3. The standard InChI is InChI=1S/C14H16O5/c1-6-3-8-9(12(6)16)4-7(15)5-10-11(8)13(17)19-14(10)18-2/h6,9-10,14H,3-5H2,1-2H3/t6-,9?,10?,14?/m0/s1. The van der Waals surface area contributed by atoms with Gasteiger partial charge in [0, 0.05) is 37.4 Å². The molecule has 3 unspecified atom stereocenters. The Balaban J connectivity index is 2.11. The Hall–Kier alpha value is -1.49. The van der Waals surface area contributed by atoms with Gasteiger partial charge in [-0.15, -0.1) is 0 Å². The van der Waals surface area contributed by atoms with Crippen molar-refractivity contribution >= 4 is 17.5 Å². The van der Waals surface area contributed by atoms with Crippen LogP contribution in [-0.4, -0.2) is 30.9 Å². The van der Waals surface area contributed by atoms with Crippen molar-refractivity contribution in [1.29, 1.82) is 0 Å². The molecule has 3 aliphatic rings. The molecule has 102 valence electrons. The highest BCUT2D eigenvalue weighted by Crippen LogP contribution is 2.46. The minimum atomic E-state index is -0.691. The number of carbonyl (C=O) groups excluding carboxylic acids is 3. The van der Waals surface area contributed by atoms with Crippen LogP contribution in [0, 0.1) is 17.8 Å². The quantitative estimate of drug-likeness (QED) is 0.661. The van der Waals surface area contributed by atoms with Gasteiger partial charge in [0.2, 0.25) is 6.29 Å². The van der Waals surface area contributed by atoms with Gasteiger partial charge in [-0.2, -0.15) is 0 Å². The highest BCUT2D eigenvalue weighted by molar-refractivity contribution is 6.01. The summed E-state index contributed by atoms with van der Waals surface area (Å²) < 4.78 is 10.3. The first-order valence-electron chi connectivity index (χ1n) is 6.55. The van der Waals surface area contributed by atoms with E-state index in [4.69, 9.17) is 9.47 Å². The number of fused-ring (bicyclic) bond motifs is 2. The van der Waals surface area contributed by atoms with E-state index >= 15 is 0 Å². The number of methoxy groups -OCH3 is 1. The molecule has 2 fully saturated rings. The number of Topliss-reactive ketones (excluding diaryl/α,β-unsaturated/α-hetero) is 2. The third kappa shape index (κ3) is 1.75. The number of hydrogen-bond donors (Lipinski definition) is 0. The van der Waals surface area contributed by atoms with Crippen molar-refractivity contribution in [1.82, 2.24) is 0 Å². The molecule has 4 atom stereocenters. The van der Waals surface area contributed by atoms with E-state index in [0.29, 0.717) is 12.0 Å². The number of ketones is 2. The van der Waals surface area contributed by atoms with Gasteiger partial charge >= 0.3 is 5.97 Å². The molecule has 3 rings (SSSR count). The molecule has 2 aliphatic carbocycles. The van der Waals surface area contributed by atoms with Gasteiger partial charge in [0.15, 0.2) is 0 Å². The molecule has 1 heterocycles. The van der Waals surface area contributed by atoms with Gasteiger partial charge in [-0.05, 0) is 12.0 Å². The van der Waals surface area contributed by atoms with Crippen LogP contribution in [0.5, 0.6) is 0 Å². The molecule has 19 heavy (non-hydrogen) atoms. The van der Waals surface area contributed by atoms with Gasteiger partial charge in [-0.3, -0.25) is 9.59 Å². The molecule has 0 bridgehead atoms. The summed E-state index contributed by atoms with van der Waals surface area (Å²) in [7, 11) is 1.46. The van der Waals surface area contributed by atoms with Crippen LogP contribution in [0.1, 0.15) is 26.2 Å². The van der Waals surface area contributed by atoms with Crippen LogP contribution >= 0.6 is 0 Å². The van der Waals surface area contributed by atoms with Crippen LogP contribution in [0.25, 0.3) is 0 Å². The van der Waals surface area contributed by atoms with Crippen molar-refractivity contribution in [3.8, 4) is 0 Å². The summed E-state index contributed by atoms with van der Waals surface area (Å²) in [5.41, 5.74) is 1.35. The van der Waals surface area contributed by atoms with E-state index < -0.39 is 18.2 Å². The second kappa shape index (κ2) is 4.27. The molecule has 5 nitrogen and oxygen atoms in total. The average molecular weight is 264 g/mol. The van der Waals surface area contributed by atoms with Crippen molar-refractivity contribution < 1.29 is 23.9 Å². The molecule has 1 saturated heterocycles. The highest BCUT2D eigenvalue weighted by Gasteiger charge is 2.50. The zero-order chi connectivity index (χ0) is 13.7. The Morgan fingerprint density at radius 3 is 2.58 bits per heavy atom. The van der Waals surface area contributed by atoms with Gasteiger partial charge < -0.3 is 9.47 Å². The maximum Gasteiger partial charge on any atom is 0.336 e. The number of cyclic esters (lactones) is 1. The molecule has 0 radical (unpaired) electrons. The molecule has 0 spiro atoms. The highest BCUT2D eigenvalue weighted by atomic mass is 16.7. The van der Waals surface area contributed by atoms with E-state index in [1.54, 1.807) is 0 Å². The fraction of sp³-hybridized carbons (Fsp3) is 0.643. The summed E-state index contributed by atoms with van der Waals surface area (Å²) >= 11 is 0. The molecule has 0 aromatic carbocycles. The molecule has 0 amide bonds. The number of esters is 1. The Labute approximate surface area is 110 Å². The fourth-order valence-electron chi connectivity index (χ4n) is 3.48. The van der Waals surface area contributed by atoms with Crippen LogP contribution in [0.4, 0.5) is 0 Å². The van der Waals surface area contributed by atoms with Gasteiger partial charge in [0.05, 0.1) is 5.92 Å². The predicted molar refractivity (Wildman–Crippen MR) is 63.9 cm³/mol. The maximum absolute atomic E-state index is 12.1. The summed E-state index contributed by atoms with van der Waals surface area (Å²) in [5.74, 6) is -1.22. The topological polar surface area (TPSA) is 69.7 Å². The summed E-state index contributed by atoms with van der Waals surface area (Å²) in [6.07, 6.45) is 0.321. The Morgan fingerprint density at radius 2 is 1.89 bits per heavy atom. The molecule has 5 heteroatoms. The SMILES string of the molecule is COC1OC(=O)C2=C3C[C@H](C)C(=O)C3CC(=O)CC21. The first kappa shape index (κ1) is 12.5. The van der Waals surface area contributed by atoms with E-state index in [1.165, 1.54) is 7.11 Å². The van der Waals surface area contributed by atoms with E-state index in [2.05, 4.69) is 0 Å². The van der Waals surface area contributed by atoms with Crippen LogP contribution in [-0.2, 0) is 23.9 Å². The van der Waals surface area contributed by atoms with Crippen LogP contribution in [0.3, 0.4) is 0 Å². The molecule has 1 saturated carbocycles. The summed E-state index contributed by atoms with van der Waals surface area (Å²) in [5, 5.41) is 0. The van der Waals surface area contributed by atoms with Crippen molar-refractivity contribution in [2.45, 2.75) is 32.5 Å². The lowest BCUT2D eigenvalue weighted by molar-refractivity contribution is -0.162. The van der Waals surface area contributed by atoms with E-state index in [9.17, 15) is 14.4 Å². The fourth-order valence-corrected chi connectivity index (χ4v) is 3.48. The van der Waals surface area contributed by atoms with Gasteiger partial charge in [0.25, 0.3) is 0 Å². The van der Waals surface area contributed by atoms with Crippen LogP contribution in [0.15, 0.2) is 11.1 Å². The minimum Gasteiger partial charge on any atom is -0.432 e. The van der Waals surface area contributed by atoms with Crippen molar-refractivity contribution in [2.75, 3.05) is 7.11 Å². The summed E-state index contributed by atoms with van der Waals surface area (Å²) in [6.45, 7) is 1.85. The third-order valence-electron chi connectivity index (χ3n) is 4.38. The Bertz CT molecular complexity index is 504. The number of hydrogen-bond acceptors (Lipinski definition) is 5. The summed E-state index contributed by atoms with van der Waals surface area (Å²) in [4.78, 5) is 36.1. The molecular weight excluding hydrogens is 248 g/mol. The van der Waals surface area contributed by atoms with E-state index in [0.717, 1.165) is 5.57 Å². The summed E-state index contributed by atoms with van der Waals surface area (Å²) in [6, 6.07) is 0. The number of ether oxygens (including phenoxy) is 2. The zero-order valence-corrected chi connectivity index (χ0v) is 11.0. The zero-order valence-electron chi connectivity index (χ0n) is 11.0. The van der Waals surface area contributed by atoms with Crippen LogP contribution in [0.2, 0.25) is 0 Å². The van der Waals surface area contributed by atoms with Gasteiger partial charge in [-0.1, -0.05) is 6.92 Å². The van der Waals surface area contributed by atoms with Crippen molar-refractivity contribution in [2.24, 2.45) is 17.8 Å². The average Bonchev–Trinajstić information content (AvgIpc) is 2.75. The maximum atomic E-state index is 12.1. The van der Waals surface area contributed by atoms with Crippen LogP contribution < -0.4 is 0 Å². The molecule has 0 aromatic heterocycles. The third-order valence-corrected chi connectivity index (χ3v) is 4.38. The predicted octanol–water partition coefficient (Wildman–Crippen LogP) is 1.02. The van der Waals surface area contributed by atoms with Crippen molar-refractivity contribution in [3.05, 3.63) is 11.1 Å². The molecule has 0 N–H and O–H groups in total. The second-order valence-corrected chi connectivity index (χ2v) is 5.56. The minimum absolute atomic E-state index is 0.00491. The second-order valence-electron chi connectivity index (χ2n) is 5.56. The lowest BCUT2D eigenvalue weighted by Gasteiger charge is -2.14. The van der Waals surface area contributed by atoms with Crippen molar-refractivity contribution in [3.63, 3.8) is 0 Å². The van der Waals surface area contributed by atoms with E-state index in [-0.39, 0.29) is 36.2 Å². The van der Waals surface area contributed by atoms with E-state index in [1.807, 2.05) is 6.92 Å². The first-order valence-corrected chi connectivity index (χ1v) is 6.55. The number of rotatable bonds is 1.